The number of rotatable bonds is 6. The number of hydrogen-bond acceptors (Lipinski definition) is 3. The molecule has 0 radical (unpaired) electrons. The van der Waals surface area contributed by atoms with Gasteiger partial charge in [0, 0.05) is 12.6 Å². The fraction of sp³-hybridized carbons (Fsp3) is 0.538. The average Bonchev–Trinajstić information content (AvgIpc) is 2.39. The van der Waals surface area contributed by atoms with Gasteiger partial charge in [0.25, 0.3) is 0 Å². The van der Waals surface area contributed by atoms with Crippen LogP contribution >= 0.6 is 11.6 Å². The van der Waals surface area contributed by atoms with E-state index in [-0.39, 0.29) is 22.6 Å². The number of nitrogens with zero attached hydrogens (tertiary/aromatic N) is 1. The number of halogens is 1. The Morgan fingerprint density at radius 2 is 2.00 bits per heavy atom. The summed E-state index contributed by atoms with van der Waals surface area (Å²) in [6.45, 7) is 5.78. The number of sulfonamides is 1. The lowest BCUT2D eigenvalue weighted by atomic mass is 10.2. The number of benzene rings is 1. The van der Waals surface area contributed by atoms with Crippen molar-refractivity contribution in [2.75, 3.05) is 6.54 Å². The third kappa shape index (κ3) is 3.48. The van der Waals surface area contributed by atoms with Crippen molar-refractivity contribution in [3.63, 3.8) is 0 Å². The van der Waals surface area contributed by atoms with Crippen LogP contribution in [-0.2, 0) is 16.6 Å². The second kappa shape index (κ2) is 6.70. The summed E-state index contributed by atoms with van der Waals surface area (Å²) in [4.78, 5) is 0.0582. The first-order valence-corrected chi connectivity index (χ1v) is 8.11. The van der Waals surface area contributed by atoms with E-state index in [1.807, 2.05) is 13.8 Å². The van der Waals surface area contributed by atoms with Crippen molar-refractivity contribution in [3.8, 4) is 0 Å². The molecule has 108 valence electrons. The van der Waals surface area contributed by atoms with E-state index in [0.29, 0.717) is 12.1 Å². The molecule has 0 saturated heterocycles. The predicted molar refractivity (Wildman–Crippen MR) is 76.7 cm³/mol. The van der Waals surface area contributed by atoms with Gasteiger partial charge in [-0.05, 0) is 31.0 Å². The molecule has 0 heterocycles. The molecule has 0 aliphatic carbocycles. The lowest BCUT2D eigenvalue weighted by Crippen LogP contribution is -2.38. The van der Waals surface area contributed by atoms with Crippen LogP contribution in [0, 0.1) is 0 Å². The Morgan fingerprint density at radius 3 is 2.47 bits per heavy atom. The first-order chi connectivity index (χ1) is 8.88. The number of aliphatic hydroxyl groups excluding tert-OH is 1. The van der Waals surface area contributed by atoms with Gasteiger partial charge >= 0.3 is 0 Å². The predicted octanol–water partition coefficient (Wildman–Crippen LogP) is 2.64. The van der Waals surface area contributed by atoms with E-state index in [4.69, 9.17) is 16.7 Å². The molecule has 1 aromatic carbocycles. The summed E-state index contributed by atoms with van der Waals surface area (Å²) in [5.74, 6) is 0. The molecule has 0 fully saturated rings. The lowest BCUT2D eigenvalue weighted by Gasteiger charge is -2.26. The smallest absolute Gasteiger partial charge is 0.244 e. The van der Waals surface area contributed by atoms with Crippen molar-refractivity contribution in [1.82, 2.24) is 4.31 Å². The molecule has 0 bridgehead atoms. The minimum atomic E-state index is -3.64. The topological polar surface area (TPSA) is 57.6 Å². The van der Waals surface area contributed by atoms with Crippen LogP contribution in [0.25, 0.3) is 0 Å². The van der Waals surface area contributed by atoms with Crippen LogP contribution in [0.5, 0.6) is 0 Å². The van der Waals surface area contributed by atoms with E-state index >= 15 is 0 Å². The summed E-state index contributed by atoms with van der Waals surface area (Å²) in [5.41, 5.74) is 0.531. The summed E-state index contributed by atoms with van der Waals surface area (Å²) < 4.78 is 26.7. The van der Waals surface area contributed by atoms with Gasteiger partial charge in [0.15, 0.2) is 0 Å². The molecule has 0 aromatic heterocycles. The van der Waals surface area contributed by atoms with Crippen molar-refractivity contribution >= 4 is 21.6 Å². The third-order valence-corrected chi connectivity index (χ3v) is 5.73. The van der Waals surface area contributed by atoms with Gasteiger partial charge in [0.2, 0.25) is 10.0 Å². The Hall–Kier alpha value is -0.620. The first-order valence-electron chi connectivity index (χ1n) is 6.29. The van der Waals surface area contributed by atoms with Gasteiger partial charge in [0.05, 0.1) is 11.6 Å². The second-order valence-electron chi connectivity index (χ2n) is 4.39. The molecule has 0 spiro atoms. The normalized spacial score (nSPS) is 13.8. The van der Waals surface area contributed by atoms with Crippen LogP contribution in [0.15, 0.2) is 23.1 Å². The van der Waals surface area contributed by atoms with Crippen molar-refractivity contribution in [2.45, 2.75) is 44.7 Å². The van der Waals surface area contributed by atoms with Gasteiger partial charge in [-0.1, -0.05) is 31.5 Å². The number of hydrogen-bond donors (Lipinski definition) is 1. The zero-order chi connectivity index (χ0) is 14.6. The van der Waals surface area contributed by atoms with Crippen molar-refractivity contribution in [2.24, 2.45) is 0 Å². The summed E-state index contributed by atoms with van der Waals surface area (Å²) >= 11 is 6.00. The molecule has 6 heteroatoms. The minimum absolute atomic E-state index is 0.0582. The first kappa shape index (κ1) is 16.4. The molecule has 19 heavy (non-hydrogen) atoms. The Kier molecular flexibility index (Phi) is 5.80. The fourth-order valence-corrected chi connectivity index (χ4v) is 4.13. The molecule has 0 saturated carbocycles. The molecule has 1 aromatic rings. The van der Waals surface area contributed by atoms with E-state index < -0.39 is 10.0 Å². The van der Waals surface area contributed by atoms with Crippen molar-refractivity contribution < 1.29 is 13.5 Å². The highest BCUT2D eigenvalue weighted by molar-refractivity contribution is 7.89. The highest BCUT2D eigenvalue weighted by Gasteiger charge is 2.28. The van der Waals surface area contributed by atoms with Crippen LogP contribution in [0.4, 0.5) is 0 Å². The van der Waals surface area contributed by atoms with Crippen LogP contribution in [0.2, 0.25) is 5.02 Å². The molecule has 1 unspecified atom stereocenters. The molecular formula is C13H20ClNO3S. The van der Waals surface area contributed by atoms with E-state index in [9.17, 15) is 8.42 Å². The Bertz CT molecular complexity index is 531. The van der Waals surface area contributed by atoms with Crippen molar-refractivity contribution in [1.29, 1.82) is 0 Å². The quantitative estimate of drug-likeness (QED) is 0.879. The molecule has 0 amide bonds. The summed E-state index contributed by atoms with van der Waals surface area (Å²) in [6, 6.07) is 4.46. The standard InChI is InChI=1S/C13H20ClNO3S/c1-4-10(3)15(5-2)19(17,18)13-8-11(9-16)6-7-12(13)14/h6-8,10,16H,4-5,9H2,1-3H3. The maximum Gasteiger partial charge on any atom is 0.244 e. The molecule has 1 rings (SSSR count). The zero-order valence-corrected chi connectivity index (χ0v) is 13.0. The average molecular weight is 306 g/mol. The van der Waals surface area contributed by atoms with E-state index in [2.05, 4.69) is 0 Å². The summed E-state index contributed by atoms with van der Waals surface area (Å²) in [7, 11) is -3.64. The molecular weight excluding hydrogens is 286 g/mol. The second-order valence-corrected chi connectivity index (χ2v) is 6.65. The highest BCUT2D eigenvalue weighted by Crippen LogP contribution is 2.27. The SMILES string of the molecule is CCC(C)N(CC)S(=O)(=O)c1cc(CO)ccc1Cl. The Morgan fingerprint density at radius 1 is 1.37 bits per heavy atom. The molecule has 0 aliphatic rings. The summed E-state index contributed by atoms with van der Waals surface area (Å²) in [6.07, 6.45) is 0.727. The lowest BCUT2D eigenvalue weighted by molar-refractivity contribution is 0.281. The van der Waals surface area contributed by atoms with Gasteiger partial charge in [0.1, 0.15) is 4.90 Å². The minimum Gasteiger partial charge on any atom is -0.392 e. The van der Waals surface area contributed by atoms with Gasteiger partial charge in [-0.15, -0.1) is 0 Å². The largest absolute Gasteiger partial charge is 0.392 e. The van der Waals surface area contributed by atoms with Gasteiger partial charge in [-0.3, -0.25) is 0 Å². The monoisotopic (exact) mass is 305 g/mol. The maximum atomic E-state index is 12.6. The van der Waals surface area contributed by atoms with E-state index in [1.54, 1.807) is 13.0 Å². The van der Waals surface area contributed by atoms with Crippen LogP contribution < -0.4 is 0 Å². The molecule has 4 nitrogen and oxygen atoms in total. The van der Waals surface area contributed by atoms with E-state index in [1.165, 1.54) is 16.4 Å². The van der Waals surface area contributed by atoms with Gasteiger partial charge < -0.3 is 5.11 Å². The van der Waals surface area contributed by atoms with Crippen LogP contribution in [-0.4, -0.2) is 30.4 Å². The van der Waals surface area contributed by atoms with Crippen LogP contribution in [0.3, 0.4) is 0 Å². The fourth-order valence-electron chi connectivity index (χ4n) is 1.89. The molecule has 0 aliphatic heterocycles. The number of aliphatic hydroxyl groups is 1. The van der Waals surface area contributed by atoms with Crippen LogP contribution in [0.1, 0.15) is 32.8 Å². The zero-order valence-electron chi connectivity index (χ0n) is 11.4. The highest BCUT2D eigenvalue weighted by atomic mass is 35.5. The molecule has 1 N–H and O–H groups in total. The molecule has 1 atom stereocenters. The maximum absolute atomic E-state index is 12.6. The van der Waals surface area contributed by atoms with Crippen molar-refractivity contribution in [3.05, 3.63) is 28.8 Å². The Labute approximate surface area is 120 Å². The van der Waals surface area contributed by atoms with Gasteiger partial charge in [-0.2, -0.15) is 4.31 Å². The van der Waals surface area contributed by atoms with Gasteiger partial charge in [-0.25, -0.2) is 8.42 Å². The third-order valence-electron chi connectivity index (χ3n) is 3.16. The Balaban J connectivity index is 3.33. The van der Waals surface area contributed by atoms with E-state index in [0.717, 1.165) is 6.42 Å². The summed E-state index contributed by atoms with van der Waals surface area (Å²) in [5, 5.41) is 9.30.